The summed E-state index contributed by atoms with van der Waals surface area (Å²) in [5, 5.41) is 11.9. The van der Waals surface area contributed by atoms with Gasteiger partial charge in [-0.3, -0.25) is 19.7 Å². The summed E-state index contributed by atoms with van der Waals surface area (Å²) < 4.78 is 22.0. The Hall–Kier alpha value is -3.70. The number of hydrogen-bond donors (Lipinski definition) is 0. The molecule has 0 bridgehead atoms. The Morgan fingerprint density at radius 3 is 2.18 bits per heavy atom. The molecule has 0 aromatic heterocycles. The predicted molar refractivity (Wildman–Crippen MR) is 120 cm³/mol. The third kappa shape index (κ3) is 3.44. The lowest BCUT2D eigenvalue weighted by atomic mass is 10.0. The van der Waals surface area contributed by atoms with Crippen molar-refractivity contribution in [1.82, 2.24) is 0 Å². The van der Waals surface area contributed by atoms with Gasteiger partial charge in [0, 0.05) is 38.1 Å². The quantitative estimate of drug-likeness (QED) is 0.370. The first-order valence-electron chi connectivity index (χ1n) is 10.8. The molecule has 1 spiro atoms. The van der Waals surface area contributed by atoms with Crippen LogP contribution >= 0.6 is 0 Å². The molecule has 2 saturated heterocycles. The zero-order valence-corrected chi connectivity index (χ0v) is 18.7. The molecule has 11 nitrogen and oxygen atoms in total. The molecule has 2 amide bonds. The molecule has 0 atom stereocenters. The van der Waals surface area contributed by atoms with E-state index >= 15 is 0 Å². The fourth-order valence-electron chi connectivity index (χ4n) is 4.73. The van der Waals surface area contributed by atoms with Gasteiger partial charge >= 0.3 is 0 Å². The number of hydrogen-bond acceptors (Lipinski definition) is 9. The van der Waals surface area contributed by atoms with Gasteiger partial charge in [0.1, 0.15) is 17.2 Å². The minimum Gasteiger partial charge on any atom is -0.497 e. The predicted octanol–water partition coefficient (Wildman–Crippen LogP) is 2.76. The summed E-state index contributed by atoms with van der Waals surface area (Å²) in [4.78, 5) is 40.7. The van der Waals surface area contributed by atoms with Crippen molar-refractivity contribution < 1.29 is 33.5 Å². The lowest BCUT2D eigenvalue weighted by Crippen LogP contribution is -2.45. The van der Waals surface area contributed by atoms with Crippen molar-refractivity contribution in [2.24, 2.45) is 0 Å². The summed E-state index contributed by atoms with van der Waals surface area (Å²) in [6.45, 7) is 1.97. The molecule has 3 heterocycles. The average Bonchev–Trinajstić information content (AvgIpc) is 3.40. The zero-order chi connectivity index (χ0) is 24.0. The minimum atomic E-state index is -0.650. The molecule has 11 heteroatoms. The summed E-state index contributed by atoms with van der Waals surface area (Å²) in [6.07, 6.45) is 1.09. The van der Waals surface area contributed by atoms with E-state index in [1.165, 1.54) is 26.4 Å². The van der Waals surface area contributed by atoms with E-state index in [1.54, 1.807) is 18.2 Å². The Morgan fingerprint density at radius 2 is 1.59 bits per heavy atom. The van der Waals surface area contributed by atoms with Crippen molar-refractivity contribution in [2.45, 2.75) is 18.6 Å². The number of nitro benzene ring substituents is 1. The fraction of sp³-hybridized carbons (Fsp3) is 0.391. The van der Waals surface area contributed by atoms with Gasteiger partial charge in [0.15, 0.2) is 5.79 Å². The third-order valence-electron chi connectivity index (χ3n) is 6.49. The van der Waals surface area contributed by atoms with Crippen molar-refractivity contribution in [2.75, 3.05) is 50.3 Å². The molecule has 2 aromatic carbocycles. The summed E-state index contributed by atoms with van der Waals surface area (Å²) in [7, 11) is 2.91. The highest BCUT2D eigenvalue weighted by atomic mass is 16.7. The van der Waals surface area contributed by atoms with Crippen LogP contribution in [0.15, 0.2) is 30.3 Å². The number of methoxy groups -OCH3 is 2. The van der Waals surface area contributed by atoms with Crippen molar-refractivity contribution in [1.29, 1.82) is 0 Å². The molecule has 2 fully saturated rings. The highest BCUT2D eigenvalue weighted by molar-refractivity contribution is 6.35. The number of nitrogens with zero attached hydrogens (tertiary/aromatic N) is 3. The normalized spacial score (nSPS) is 19.0. The van der Waals surface area contributed by atoms with Crippen LogP contribution in [-0.4, -0.2) is 63.0 Å². The maximum absolute atomic E-state index is 13.3. The molecule has 34 heavy (non-hydrogen) atoms. The highest BCUT2D eigenvalue weighted by Gasteiger charge is 2.44. The molecular weight excluding hydrogens is 446 g/mol. The van der Waals surface area contributed by atoms with Crippen LogP contribution in [0.3, 0.4) is 0 Å². The molecule has 2 aromatic rings. The maximum Gasteiger partial charge on any atom is 0.293 e. The summed E-state index contributed by atoms with van der Waals surface area (Å²) in [5.41, 5.74) is 0.384. The number of carbonyl (C=O) groups excluding carboxylic acids is 2. The standard InChI is InChI=1S/C23H23N3O8/c1-31-14-3-4-17(20(11-14)32-2)25-21(27)15-12-18(19(26(29)30)13-16(15)22(25)28)24-7-5-23(6-8-24)33-9-10-34-23/h3-4,11-13H,5-10H2,1-2H3. The van der Waals surface area contributed by atoms with Gasteiger partial charge in [-0.15, -0.1) is 0 Å². The van der Waals surface area contributed by atoms with E-state index in [1.807, 2.05) is 4.90 Å². The smallest absolute Gasteiger partial charge is 0.293 e. The number of benzene rings is 2. The molecule has 0 radical (unpaired) electrons. The number of imide groups is 1. The number of fused-ring (bicyclic) bond motifs is 1. The second-order valence-corrected chi connectivity index (χ2v) is 8.22. The van der Waals surface area contributed by atoms with E-state index in [0.717, 1.165) is 4.90 Å². The number of rotatable bonds is 5. The Morgan fingerprint density at radius 1 is 0.941 bits per heavy atom. The first-order chi connectivity index (χ1) is 16.4. The van der Waals surface area contributed by atoms with Gasteiger partial charge in [0.2, 0.25) is 0 Å². The topological polar surface area (TPSA) is 121 Å². The molecular formula is C23H23N3O8. The molecule has 5 rings (SSSR count). The van der Waals surface area contributed by atoms with Crippen LogP contribution in [0.2, 0.25) is 0 Å². The van der Waals surface area contributed by atoms with Gasteiger partial charge in [-0.1, -0.05) is 0 Å². The van der Waals surface area contributed by atoms with E-state index in [2.05, 4.69) is 0 Å². The largest absolute Gasteiger partial charge is 0.497 e. The molecule has 3 aliphatic rings. The van der Waals surface area contributed by atoms with Crippen molar-refractivity contribution in [3.63, 3.8) is 0 Å². The number of carbonyl (C=O) groups is 2. The Kier molecular flexibility index (Phi) is 5.37. The highest BCUT2D eigenvalue weighted by Crippen LogP contribution is 2.42. The minimum absolute atomic E-state index is 0.0192. The van der Waals surface area contributed by atoms with Crippen LogP contribution in [0.5, 0.6) is 11.5 Å². The van der Waals surface area contributed by atoms with E-state index < -0.39 is 22.5 Å². The zero-order valence-electron chi connectivity index (χ0n) is 18.7. The van der Waals surface area contributed by atoms with Gasteiger partial charge in [-0.05, 0) is 18.2 Å². The van der Waals surface area contributed by atoms with Crippen LogP contribution in [0.1, 0.15) is 33.6 Å². The van der Waals surface area contributed by atoms with E-state index in [-0.39, 0.29) is 28.3 Å². The van der Waals surface area contributed by atoms with Gasteiger partial charge < -0.3 is 23.8 Å². The lowest BCUT2D eigenvalue weighted by Gasteiger charge is -2.38. The fourth-order valence-corrected chi connectivity index (χ4v) is 4.73. The SMILES string of the molecule is COc1ccc(N2C(=O)c3cc(N4CCC5(CC4)OCCO5)c([N+](=O)[O-])cc3C2=O)c(OC)c1. The van der Waals surface area contributed by atoms with Gasteiger partial charge in [0.05, 0.1) is 49.2 Å². The number of anilines is 2. The van der Waals surface area contributed by atoms with Crippen molar-refractivity contribution in [3.8, 4) is 11.5 Å². The Balaban J connectivity index is 1.51. The number of ether oxygens (including phenoxy) is 4. The van der Waals surface area contributed by atoms with Crippen LogP contribution in [-0.2, 0) is 9.47 Å². The number of nitro groups is 1. The second kappa shape index (κ2) is 8.26. The molecule has 0 saturated carbocycles. The van der Waals surface area contributed by atoms with Gasteiger partial charge in [-0.2, -0.15) is 0 Å². The van der Waals surface area contributed by atoms with E-state index in [0.29, 0.717) is 50.6 Å². The summed E-state index contributed by atoms with van der Waals surface area (Å²) in [6, 6.07) is 7.34. The van der Waals surface area contributed by atoms with E-state index in [4.69, 9.17) is 18.9 Å². The van der Waals surface area contributed by atoms with Crippen LogP contribution < -0.4 is 19.3 Å². The number of amides is 2. The second-order valence-electron chi connectivity index (χ2n) is 8.22. The van der Waals surface area contributed by atoms with Crippen LogP contribution in [0.25, 0.3) is 0 Å². The van der Waals surface area contributed by atoms with Crippen molar-refractivity contribution >= 4 is 28.9 Å². The first kappa shape index (κ1) is 22.1. The molecule has 0 N–H and O–H groups in total. The average molecular weight is 469 g/mol. The number of piperidine rings is 1. The summed E-state index contributed by atoms with van der Waals surface area (Å²) in [5.74, 6) is -1.11. The van der Waals surface area contributed by atoms with Gasteiger partial charge in [0.25, 0.3) is 17.5 Å². The molecule has 0 unspecified atom stereocenters. The van der Waals surface area contributed by atoms with E-state index in [9.17, 15) is 19.7 Å². The Labute approximate surface area is 194 Å². The molecule has 0 aliphatic carbocycles. The first-order valence-corrected chi connectivity index (χ1v) is 10.8. The molecule has 178 valence electrons. The van der Waals surface area contributed by atoms with Crippen LogP contribution in [0, 0.1) is 10.1 Å². The van der Waals surface area contributed by atoms with Crippen molar-refractivity contribution in [3.05, 3.63) is 51.6 Å². The summed E-state index contributed by atoms with van der Waals surface area (Å²) >= 11 is 0. The molecule has 3 aliphatic heterocycles. The van der Waals surface area contributed by atoms with Gasteiger partial charge in [-0.25, -0.2) is 4.90 Å². The van der Waals surface area contributed by atoms with Crippen LogP contribution in [0.4, 0.5) is 17.1 Å². The Bertz CT molecular complexity index is 1180. The monoisotopic (exact) mass is 469 g/mol. The maximum atomic E-state index is 13.3. The third-order valence-corrected chi connectivity index (χ3v) is 6.49. The lowest BCUT2D eigenvalue weighted by molar-refractivity contribution is -0.384.